The van der Waals surface area contributed by atoms with E-state index in [0.717, 1.165) is 5.65 Å². The number of pyridine rings is 1. The fraction of sp³-hybridized carbons (Fsp3) is 0.833. The van der Waals surface area contributed by atoms with Gasteiger partial charge in [0.15, 0.2) is 5.65 Å². The summed E-state index contributed by atoms with van der Waals surface area (Å²) in [7, 11) is 0. The second kappa shape index (κ2) is 19.2. The van der Waals surface area contributed by atoms with Crippen LogP contribution in [-0.4, -0.2) is 9.97 Å². The second-order valence-corrected chi connectivity index (χ2v) is 14.2. The van der Waals surface area contributed by atoms with E-state index in [4.69, 9.17) is 9.97 Å². The molecule has 0 unspecified atom stereocenters. The minimum atomic E-state index is 0.651. The molecule has 0 radical (unpaired) electrons. The number of hydrogen-bond donors (Lipinski definition) is 0. The van der Waals surface area contributed by atoms with Crippen LogP contribution in [0.4, 0.5) is 0 Å². The number of rotatable bonds is 2. The van der Waals surface area contributed by atoms with Gasteiger partial charge in [0.25, 0.3) is 0 Å². The molecule has 0 N–H and O–H groups in total. The third-order valence-corrected chi connectivity index (χ3v) is 11.0. The molecule has 39 heavy (non-hydrogen) atoms. The summed E-state index contributed by atoms with van der Waals surface area (Å²) < 4.78 is 1.36. The van der Waals surface area contributed by atoms with E-state index in [1.165, 1.54) is 195 Å². The van der Waals surface area contributed by atoms with Gasteiger partial charge in [0, 0.05) is 12.1 Å². The van der Waals surface area contributed by atoms with Crippen molar-refractivity contribution in [3.63, 3.8) is 0 Å². The molecular formula is C36H60N2S. The number of thiazole rings is 1. The Morgan fingerprint density at radius 1 is 0.462 bits per heavy atom. The van der Waals surface area contributed by atoms with E-state index < -0.39 is 0 Å². The third-order valence-electron chi connectivity index (χ3n) is 9.82. The Morgan fingerprint density at radius 3 is 1.23 bits per heavy atom. The first-order chi connectivity index (χ1) is 19.4. The highest BCUT2D eigenvalue weighted by atomic mass is 32.1. The zero-order chi connectivity index (χ0) is 26.8. The molecule has 0 aromatic carbocycles. The van der Waals surface area contributed by atoms with E-state index in [-0.39, 0.29) is 0 Å². The molecule has 220 valence electrons. The maximum Gasteiger partial charge on any atom is 0.170 e. The summed E-state index contributed by atoms with van der Waals surface area (Å²) in [5.74, 6) is 1.34. The fourth-order valence-corrected chi connectivity index (χ4v) is 8.36. The Balaban J connectivity index is 1.39. The van der Waals surface area contributed by atoms with Crippen molar-refractivity contribution in [3.05, 3.63) is 22.8 Å². The highest BCUT2D eigenvalue weighted by Gasteiger charge is 2.19. The lowest BCUT2D eigenvalue weighted by atomic mass is 9.88. The molecule has 4 rings (SSSR count). The summed E-state index contributed by atoms with van der Waals surface area (Å²) in [6.45, 7) is 0. The smallest absolute Gasteiger partial charge is 0.170 e. The van der Waals surface area contributed by atoms with Crippen molar-refractivity contribution < 1.29 is 0 Å². The lowest BCUT2D eigenvalue weighted by Gasteiger charge is -2.17. The molecule has 3 heteroatoms. The molecule has 0 bridgehead atoms. The normalized spacial score (nSPS) is 22.9. The van der Waals surface area contributed by atoms with Crippen molar-refractivity contribution in [2.45, 2.75) is 192 Å². The van der Waals surface area contributed by atoms with Gasteiger partial charge in [-0.1, -0.05) is 154 Å². The highest BCUT2D eigenvalue weighted by Crippen LogP contribution is 2.36. The van der Waals surface area contributed by atoms with E-state index in [2.05, 4.69) is 12.3 Å². The van der Waals surface area contributed by atoms with Crippen molar-refractivity contribution in [3.8, 4) is 0 Å². The van der Waals surface area contributed by atoms with Gasteiger partial charge in [-0.2, -0.15) is 0 Å². The van der Waals surface area contributed by atoms with Crippen LogP contribution >= 0.6 is 11.3 Å². The van der Waals surface area contributed by atoms with Crippen LogP contribution in [0.3, 0.4) is 0 Å². The molecule has 0 amide bonds. The Morgan fingerprint density at radius 2 is 0.821 bits per heavy atom. The van der Waals surface area contributed by atoms with Gasteiger partial charge in [0.05, 0.1) is 9.71 Å². The second-order valence-electron chi connectivity index (χ2n) is 13.2. The molecule has 0 aliphatic heterocycles. The van der Waals surface area contributed by atoms with Crippen LogP contribution in [0.2, 0.25) is 0 Å². The topological polar surface area (TPSA) is 25.8 Å². The van der Waals surface area contributed by atoms with Gasteiger partial charge in [-0.15, -0.1) is 11.3 Å². The predicted molar refractivity (Wildman–Crippen MR) is 172 cm³/mol. The zero-order valence-electron chi connectivity index (χ0n) is 25.4. The average molecular weight is 553 g/mol. The third kappa shape index (κ3) is 11.8. The largest absolute Gasteiger partial charge is 0.236 e. The molecule has 0 saturated heterocycles. The van der Waals surface area contributed by atoms with Crippen LogP contribution < -0.4 is 0 Å². The van der Waals surface area contributed by atoms with Crippen LogP contribution in [0.25, 0.3) is 10.3 Å². The molecule has 2 saturated carbocycles. The minimum absolute atomic E-state index is 0.651. The molecule has 2 aliphatic rings. The van der Waals surface area contributed by atoms with Crippen molar-refractivity contribution in [1.82, 2.24) is 9.97 Å². The summed E-state index contributed by atoms with van der Waals surface area (Å²) >= 11 is 1.99. The first-order valence-corrected chi connectivity index (χ1v) is 18.5. The van der Waals surface area contributed by atoms with E-state index in [1.54, 1.807) is 0 Å². The zero-order valence-corrected chi connectivity index (χ0v) is 26.2. The van der Waals surface area contributed by atoms with E-state index >= 15 is 0 Å². The monoisotopic (exact) mass is 552 g/mol. The minimum Gasteiger partial charge on any atom is -0.236 e. The number of nitrogens with zero attached hydrogens (tertiary/aromatic N) is 2. The van der Waals surface area contributed by atoms with Gasteiger partial charge in [0.1, 0.15) is 0 Å². The van der Waals surface area contributed by atoms with Crippen LogP contribution in [0, 0.1) is 0 Å². The Hall–Kier alpha value is -0.960. The molecule has 2 fully saturated rings. The number of fused-ring (bicyclic) bond motifs is 1. The average Bonchev–Trinajstić information content (AvgIpc) is 3.37. The lowest BCUT2D eigenvalue weighted by Crippen LogP contribution is -2.01. The Kier molecular flexibility index (Phi) is 15.3. The fourth-order valence-electron chi connectivity index (χ4n) is 7.22. The SMILES string of the molecule is c1nc2nc(C3CCCCCCCCCCCCC3)sc2cc1C1CCCCCCCCCCCCCCC1. The quantitative estimate of drug-likeness (QED) is 0.370. The van der Waals surface area contributed by atoms with Crippen LogP contribution in [0.1, 0.15) is 202 Å². The van der Waals surface area contributed by atoms with E-state index in [0.29, 0.717) is 11.8 Å². The predicted octanol–water partition coefficient (Wildman–Crippen LogP) is 12.8. The Bertz CT molecular complexity index is 859. The summed E-state index contributed by atoms with van der Waals surface area (Å²) in [5.41, 5.74) is 2.52. The molecule has 0 spiro atoms. The maximum absolute atomic E-state index is 5.15. The van der Waals surface area contributed by atoms with Crippen molar-refractivity contribution in [1.29, 1.82) is 0 Å². The van der Waals surface area contributed by atoms with Gasteiger partial charge in [-0.3, -0.25) is 0 Å². The van der Waals surface area contributed by atoms with Gasteiger partial charge in [0.2, 0.25) is 0 Å². The highest BCUT2D eigenvalue weighted by molar-refractivity contribution is 7.18. The molecular weight excluding hydrogens is 492 g/mol. The first-order valence-electron chi connectivity index (χ1n) is 17.7. The van der Waals surface area contributed by atoms with Gasteiger partial charge < -0.3 is 0 Å². The standard InChI is InChI=1S/C36H60N2S/c1-2-5-9-13-17-21-25-31(26-22-18-14-10-6-3-1)33-29-34-35(37-30-33)38-36(39-34)32-27-23-19-15-11-7-4-8-12-16-20-24-28-32/h29-32H,1-28H2. The Labute approximate surface area is 245 Å². The number of aromatic nitrogens is 2. The van der Waals surface area contributed by atoms with E-state index in [9.17, 15) is 0 Å². The molecule has 2 aromatic rings. The van der Waals surface area contributed by atoms with Gasteiger partial charge >= 0.3 is 0 Å². The molecule has 2 aromatic heterocycles. The molecule has 2 heterocycles. The molecule has 2 aliphatic carbocycles. The maximum atomic E-state index is 5.15. The molecule has 0 atom stereocenters. The van der Waals surface area contributed by atoms with Gasteiger partial charge in [-0.05, 0) is 43.2 Å². The van der Waals surface area contributed by atoms with Crippen LogP contribution in [0.5, 0.6) is 0 Å². The number of hydrogen-bond acceptors (Lipinski definition) is 3. The summed E-state index contributed by atoms with van der Waals surface area (Å²) in [6, 6.07) is 2.51. The summed E-state index contributed by atoms with van der Waals surface area (Å²) in [6.07, 6.45) is 41.9. The summed E-state index contributed by atoms with van der Waals surface area (Å²) in [4.78, 5) is 10.1. The van der Waals surface area contributed by atoms with Crippen molar-refractivity contribution in [2.24, 2.45) is 0 Å². The van der Waals surface area contributed by atoms with Crippen molar-refractivity contribution in [2.75, 3.05) is 0 Å². The van der Waals surface area contributed by atoms with E-state index in [1.807, 2.05) is 11.3 Å². The van der Waals surface area contributed by atoms with Crippen LogP contribution in [0.15, 0.2) is 12.3 Å². The summed E-state index contributed by atoms with van der Waals surface area (Å²) in [5, 5.41) is 1.39. The first kappa shape index (κ1) is 31.0. The lowest BCUT2D eigenvalue weighted by molar-refractivity contribution is 0.470. The molecule has 2 nitrogen and oxygen atoms in total. The van der Waals surface area contributed by atoms with Crippen molar-refractivity contribution >= 4 is 21.7 Å². The van der Waals surface area contributed by atoms with Gasteiger partial charge in [-0.25, -0.2) is 9.97 Å². The van der Waals surface area contributed by atoms with Crippen LogP contribution in [-0.2, 0) is 0 Å².